The molecule has 1 aromatic carbocycles. The minimum atomic E-state index is -0.451. The zero-order valence-electron chi connectivity index (χ0n) is 12.4. The van der Waals surface area contributed by atoms with Crippen LogP contribution in [0.5, 0.6) is 0 Å². The van der Waals surface area contributed by atoms with Gasteiger partial charge >= 0.3 is 0 Å². The van der Waals surface area contributed by atoms with E-state index in [1.54, 1.807) is 17.8 Å². The van der Waals surface area contributed by atoms with E-state index in [-0.39, 0.29) is 11.4 Å². The third-order valence-corrected chi connectivity index (χ3v) is 6.37. The van der Waals surface area contributed by atoms with Crippen molar-refractivity contribution in [3.63, 3.8) is 0 Å². The Morgan fingerprint density at radius 2 is 2.12 bits per heavy atom. The summed E-state index contributed by atoms with van der Waals surface area (Å²) in [5, 5.41) is 0. The molecule has 3 rings (SSSR count). The van der Waals surface area contributed by atoms with E-state index in [9.17, 15) is 9.18 Å². The molecular weight excluding hydrogens is 410 g/mol. The lowest BCUT2D eigenvalue weighted by Gasteiger charge is -2.03. The smallest absolute Gasteiger partial charge is 0.282 e. The van der Waals surface area contributed by atoms with Crippen LogP contribution >= 0.6 is 57.6 Å². The van der Waals surface area contributed by atoms with E-state index in [0.717, 1.165) is 27.3 Å². The van der Waals surface area contributed by atoms with Gasteiger partial charge in [-0.2, -0.15) is 16.8 Å². The number of aromatic nitrogens is 1. The fourth-order valence-corrected chi connectivity index (χ4v) is 5.06. The third kappa shape index (κ3) is 3.70. The van der Waals surface area contributed by atoms with Gasteiger partial charge in [0.25, 0.3) is 5.91 Å². The molecule has 9 heteroatoms. The standard InChI is InChI=1S/C15H11Cl2FN2OS3/c1-22-5-4-20-10-3-2-8(18)6-11(10)23-15(20)19-14(21)9-7-12(16)24-13(9)17/h2-3,6-7H,4-5H2,1H3. The van der Waals surface area contributed by atoms with Gasteiger partial charge in [-0.3, -0.25) is 4.79 Å². The molecule has 0 atom stereocenters. The summed E-state index contributed by atoms with van der Waals surface area (Å²) in [7, 11) is 0. The molecule has 0 unspecified atom stereocenters. The van der Waals surface area contributed by atoms with Crippen LogP contribution in [0.2, 0.25) is 8.67 Å². The van der Waals surface area contributed by atoms with Crippen molar-refractivity contribution in [3.8, 4) is 0 Å². The number of rotatable bonds is 4. The van der Waals surface area contributed by atoms with Crippen molar-refractivity contribution >= 4 is 73.8 Å². The number of thioether (sulfide) groups is 1. The Balaban J connectivity index is 2.13. The first-order valence-electron chi connectivity index (χ1n) is 6.81. The number of aryl methyl sites for hydroxylation is 1. The van der Waals surface area contributed by atoms with Gasteiger partial charge in [0.15, 0.2) is 4.80 Å². The third-order valence-electron chi connectivity index (χ3n) is 3.25. The van der Waals surface area contributed by atoms with E-state index < -0.39 is 5.91 Å². The number of hydrogen-bond acceptors (Lipinski definition) is 4. The van der Waals surface area contributed by atoms with Crippen LogP contribution in [-0.4, -0.2) is 22.5 Å². The van der Waals surface area contributed by atoms with Crippen LogP contribution in [0.4, 0.5) is 4.39 Å². The highest BCUT2D eigenvalue weighted by molar-refractivity contribution is 7.98. The second-order valence-electron chi connectivity index (χ2n) is 4.80. The minimum absolute atomic E-state index is 0.284. The van der Waals surface area contributed by atoms with Gasteiger partial charge in [0.2, 0.25) is 0 Å². The Morgan fingerprint density at radius 3 is 2.79 bits per heavy atom. The van der Waals surface area contributed by atoms with E-state index in [2.05, 4.69) is 4.99 Å². The quantitative estimate of drug-likeness (QED) is 0.572. The summed E-state index contributed by atoms with van der Waals surface area (Å²) in [6, 6.07) is 6.08. The fourth-order valence-electron chi connectivity index (χ4n) is 2.16. The SMILES string of the molecule is CSCCn1c(=NC(=O)c2cc(Cl)sc2Cl)sc2cc(F)ccc21. The van der Waals surface area contributed by atoms with E-state index in [0.29, 0.717) is 20.0 Å². The van der Waals surface area contributed by atoms with Crippen molar-refractivity contribution in [2.45, 2.75) is 6.54 Å². The number of fused-ring (bicyclic) bond motifs is 1. The summed E-state index contributed by atoms with van der Waals surface area (Å²) >= 11 is 16.0. The van der Waals surface area contributed by atoms with Crippen molar-refractivity contribution in [1.82, 2.24) is 4.57 Å². The molecule has 0 bridgehead atoms. The van der Waals surface area contributed by atoms with Gasteiger partial charge in [-0.15, -0.1) is 11.3 Å². The van der Waals surface area contributed by atoms with E-state index in [1.165, 1.54) is 29.5 Å². The number of benzene rings is 1. The van der Waals surface area contributed by atoms with Crippen molar-refractivity contribution < 1.29 is 9.18 Å². The molecule has 2 heterocycles. The second-order valence-corrected chi connectivity index (χ2v) is 9.08. The first-order chi connectivity index (χ1) is 11.5. The Bertz CT molecular complexity index is 977. The summed E-state index contributed by atoms with van der Waals surface area (Å²) in [6.07, 6.45) is 2.00. The molecule has 0 saturated carbocycles. The Kier molecular flexibility index (Phi) is 5.66. The lowest BCUT2D eigenvalue weighted by molar-refractivity contribution is 0.0998. The number of amides is 1. The lowest BCUT2D eigenvalue weighted by atomic mass is 10.3. The van der Waals surface area contributed by atoms with Crippen LogP contribution in [0.15, 0.2) is 29.3 Å². The number of nitrogens with zero attached hydrogens (tertiary/aromatic N) is 2. The van der Waals surface area contributed by atoms with Crippen molar-refractivity contribution in [2.75, 3.05) is 12.0 Å². The number of carbonyl (C=O) groups is 1. The Hall–Kier alpha value is -0.860. The van der Waals surface area contributed by atoms with Crippen LogP contribution in [-0.2, 0) is 6.54 Å². The normalized spacial score (nSPS) is 12.2. The first kappa shape index (κ1) is 17.9. The summed E-state index contributed by atoms with van der Waals surface area (Å²) in [4.78, 5) is 17.1. The predicted molar refractivity (Wildman–Crippen MR) is 102 cm³/mol. The molecule has 0 aliphatic carbocycles. The van der Waals surface area contributed by atoms with Gasteiger partial charge in [-0.1, -0.05) is 34.5 Å². The molecule has 126 valence electrons. The average molecular weight is 421 g/mol. The monoisotopic (exact) mass is 420 g/mol. The van der Waals surface area contributed by atoms with Gasteiger partial charge in [0, 0.05) is 12.3 Å². The van der Waals surface area contributed by atoms with E-state index in [1.807, 2.05) is 10.8 Å². The highest BCUT2D eigenvalue weighted by Gasteiger charge is 2.15. The van der Waals surface area contributed by atoms with Crippen molar-refractivity contribution in [2.24, 2.45) is 4.99 Å². The Morgan fingerprint density at radius 1 is 1.33 bits per heavy atom. The second kappa shape index (κ2) is 7.58. The van der Waals surface area contributed by atoms with Crippen molar-refractivity contribution in [3.05, 3.63) is 49.1 Å². The van der Waals surface area contributed by atoms with Gasteiger partial charge in [-0.05, 0) is 30.5 Å². The maximum atomic E-state index is 13.5. The topological polar surface area (TPSA) is 34.4 Å². The van der Waals surface area contributed by atoms with E-state index >= 15 is 0 Å². The Labute approximate surface area is 159 Å². The highest BCUT2D eigenvalue weighted by atomic mass is 35.5. The zero-order valence-corrected chi connectivity index (χ0v) is 16.3. The van der Waals surface area contributed by atoms with Crippen molar-refractivity contribution in [1.29, 1.82) is 0 Å². The molecule has 0 saturated heterocycles. The number of hydrogen-bond donors (Lipinski definition) is 0. The number of thiazole rings is 1. The molecule has 3 aromatic rings. The summed E-state index contributed by atoms with van der Waals surface area (Å²) < 4.78 is 16.9. The highest BCUT2D eigenvalue weighted by Crippen LogP contribution is 2.31. The molecule has 0 radical (unpaired) electrons. The first-order valence-corrected chi connectivity index (χ1v) is 10.6. The van der Waals surface area contributed by atoms with Crippen LogP contribution in [0.1, 0.15) is 10.4 Å². The van der Waals surface area contributed by atoms with Gasteiger partial charge in [0.1, 0.15) is 10.2 Å². The maximum Gasteiger partial charge on any atom is 0.282 e. The summed E-state index contributed by atoms with van der Waals surface area (Å²) in [6.45, 7) is 0.678. The molecule has 3 nitrogen and oxygen atoms in total. The van der Waals surface area contributed by atoms with Crippen LogP contribution < -0.4 is 4.80 Å². The zero-order chi connectivity index (χ0) is 17.3. The molecule has 0 aliphatic rings. The summed E-state index contributed by atoms with van der Waals surface area (Å²) in [5.74, 6) is 0.0923. The molecule has 0 N–H and O–H groups in total. The van der Waals surface area contributed by atoms with Crippen LogP contribution in [0.3, 0.4) is 0 Å². The average Bonchev–Trinajstić information content (AvgIpc) is 3.04. The van der Waals surface area contributed by atoms with Crippen LogP contribution in [0.25, 0.3) is 10.2 Å². The van der Waals surface area contributed by atoms with Gasteiger partial charge in [0.05, 0.1) is 20.1 Å². The molecule has 2 aromatic heterocycles. The molecule has 0 spiro atoms. The number of carbonyl (C=O) groups excluding carboxylic acids is 1. The lowest BCUT2D eigenvalue weighted by Crippen LogP contribution is -2.18. The van der Waals surface area contributed by atoms with E-state index in [4.69, 9.17) is 23.2 Å². The number of halogens is 3. The van der Waals surface area contributed by atoms with Gasteiger partial charge < -0.3 is 4.57 Å². The minimum Gasteiger partial charge on any atom is -0.316 e. The predicted octanol–water partition coefficient (Wildman–Crippen LogP) is 5.31. The molecule has 0 fully saturated rings. The molecule has 1 amide bonds. The largest absolute Gasteiger partial charge is 0.316 e. The van der Waals surface area contributed by atoms with Crippen LogP contribution in [0, 0.1) is 5.82 Å². The van der Waals surface area contributed by atoms with Gasteiger partial charge in [-0.25, -0.2) is 4.39 Å². The number of thiophene rings is 1. The maximum absolute atomic E-state index is 13.5. The fraction of sp³-hybridized carbons (Fsp3) is 0.200. The molecular formula is C15H11Cl2FN2OS3. The molecule has 0 aliphatic heterocycles. The molecule has 24 heavy (non-hydrogen) atoms. The summed E-state index contributed by atoms with van der Waals surface area (Å²) in [5.41, 5.74) is 1.14.